The van der Waals surface area contributed by atoms with Gasteiger partial charge in [-0.2, -0.15) is 0 Å². The summed E-state index contributed by atoms with van der Waals surface area (Å²) >= 11 is 0. The highest BCUT2D eigenvalue weighted by Crippen LogP contribution is 2.27. The summed E-state index contributed by atoms with van der Waals surface area (Å²) in [4.78, 5) is 43.2. The average Bonchev–Trinajstić information content (AvgIpc) is 3.25. The zero-order valence-corrected chi connectivity index (χ0v) is 16.7. The second-order valence-electron chi connectivity index (χ2n) is 7.38. The Morgan fingerprint density at radius 2 is 1.87 bits per heavy atom. The van der Waals surface area contributed by atoms with Gasteiger partial charge in [0.25, 0.3) is 11.5 Å². The second kappa shape index (κ2) is 7.74. The van der Waals surface area contributed by atoms with Crippen molar-refractivity contribution in [3.05, 3.63) is 68.7 Å². The number of amides is 1. The van der Waals surface area contributed by atoms with Crippen LogP contribution in [-0.4, -0.2) is 44.6 Å². The predicted octanol–water partition coefficient (Wildman–Crippen LogP) is 1.17. The first-order valence-corrected chi connectivity index (χ1v) is 9.58. The molecule has 0 N–H and O–H groups in total. The first kappa shape index (κ1) is 19.8. The van der Waals surface area contributed by atoms with Crippen molar-refractivity contribution in [2.45, 2.75) is 12.3 Å². The van der Waals surface area contributed by atoms with Crippen molar-refractivity contribution >= 4 is 16.9 Å². The molecule has 156 valence electrons. The average molecular weight is 412 g/mol. The molecule has 0 aliphatic carbocycles. The standard InChI is InChI=1S/C21H21FN4O4/c1-24-19-16(20(28)25(2)21(24)29)7-8-17(23-19)13-9-10-26(11-13)18(27)12-30-15-5-3-14(22)4-6-15/h3-8,13H,9-12H2,1-2H3/t13-/m1/s1. The Hall–Kier alpha value is -3.49. The lowest BCUT2D eigenvalue weighted by molar-refractivity contribution is -0.132. The lowest BCUT2D eigenvalue weighted by Crippen LogP contribution is -2.37. The van der Waals surface area contributed by atoms with Crippen LogP contribution in [0.25, 0.3) is 11.0 Å². The number of hydrogen-bond acceptors (Lipinski definition) is 5. The number of carbonyl (C=O) groups is 1. The number of fused-ring (bicyclic) bond motifs is 1. The summed E-state index contributed by atoms with van der Waals surface area (Å²) in [5.41, 5.74) is 0.261. The van der Waals surface area contributed by atoms with E-state index in [1.54, 1.807) is 24.1 Å². The van der Waals surface area contributed by atoms with Crippen LogP contribution in [0.3, 0.4) is 0 Å². The number of likely N-dealkylation sites (tertiary alicyclic amines) is 1. The van der Waals surface area contributed by atoms with Crippen LogP contribution in [-0.2, 0) is 18.9 Å². The molecule has 0 spiro atoms. The van der Waals surface area contributed by atoms with Crippen molar-refractivity contribution in [3.8, 4) is 5.75 Å². The summed E-state index contributed by atoms with van der Waals surface area (Å²) in [5, 5.41) is 0.377. The van der Waals surface area contributed by atoms with Gasteiger partial charge in [0.1, 0.15) is 17.2 Å². The van der Waals surface area contributed by atoms with E-state index in [2.05, 4.69) is 4.98 Å². The van der Waals surface area contributed by atoms with Crippen molar-refractivity contribution in [1.82, 2.24) is 19.0 Å². The Balaban J connectivity index is 1.48. The van der Waals surface area contributed by atoms with Gasteiger partial charge in [-0.3, -0.25) is 18.7 Å². The van der Waals surface area contributed by atoms with Crippen LogP contribution in [0.5, 0.6) is 5.75 Å². The number of nitrogens with zero attached hydrogens (tertiary/aromatic N) is 4. The van der Waals surface area contributed by atoms with E-state index in [1.165, 1.54) is 35.9 Å². The molecule has 1 aliphatic rings. The van der Waals surface area contributed by atoms with E-state index >= 15 is 0 Å². The minimum absolute atomic E-state index is 0.00308. The summed E-state index contributed by atoms with van der Waals surface area (Å²) in [5.74, 6) is -0.0966. The van der Waals surface area contributed by atoms with Gasteiger partial charge < -0.3 is 9.64 Å². The second-order valence-corrected chi connectivity index (χ2v) is 7.38. The molecule has 1 aliphatic heterocycles. The third kappa shape index (κ3) is 3.58. The van der Waals surface area contributed by atoms with Gasteiger partial charge in [0.15, 0.2) is 6.61 Å². The molecule has 0 saturated carbocycles. The number of halogens is 1. The molecule has 9 heteroatoms. The number of aromatic nitrogens is 3. The summed E-state index contributed by atoms with van der Waals surface area (Å²) in [6, 6.07) is 8.96. The zero-order chi connectivity index (χ0) is 21.4. The maximum absolute atomic E-state index is 12.9. The van der Waals surface area contributed by atoms with Crippen molar-refractivity contribution in [2.24, 2.45) is 14.1 Å². The van der Waals surface area contributed by atoms with Crippen LogP contribution >= 0.6 is 0 Å². The number of aryl methyl sites for hydroxylation is 1. The topological polar surface area (TPSA) is 86.4 Å². The number of rotatable bonds is 4. The smallest absolute Gasteiger partial charge is 0.332 e. The maximum Gasteiger partial charge on any atom is 0.332 e. The van der Waals surface area contributed by atoms with E-state index in [0.717, 1.165) is 16.7 Å². The van der Waals surface area contributed by atoms with Crippen LogP contribution < -0.4 is 16.0 Å². The molecule has 0 bridgehead atoms. The van der Waals surface area contributed by atoms with E-state index in [9.17, 15) is 18.8 Å². The fourth-order valence-corrected chi connectivity index (χ4v) is 3.69. The molecule has 1 amide bonds. The molecule has 1 aromatic carbocycles. The summed E-state index contributed by atoms with van der Waals surface area (Å²) in [6.07, 6.45) is 0.722. The largest absolute Gasteiger partial charge is 0.484 e. The predicted molar refractivity (Wildman–Crippen MR) is 108 cm³/mol. The first-order chi connectivity index (χ1) is 14.3. The molecule has 4 rings (SSSR count). The number of carbonyl (C=O) groups excluding carboxylic acids is 1. The Labute approximate surface area is 171 Å². The fourth-order valence-electron chi connectivity index (χ4n) is 3.69. The monoisotopic (exact) mass is 412 g/mol. The molecule has 1 saturated heterocycles. The van der Waals surface area contributed by atoms with Gasteiger partial charge in [-0.05, 0) is 42.8 Å². The van der Waals surface area contributed by atoms with E-state index in [0.29, 0.717) is 29.9 Å². The molecule has 30 heavy (non-hydrogen) atoms. The molecule has 3 aromatic rings. The third-order valence-corrected chi connectivity index (χ3v) is 5.46. The number of hydrogen-bond donors (Lipinski definition) is 0. The Morgan fingerprint density at radius 1 is 1.13 bits per heavy atom. The van der Waals surface area contributed by atoms with Crippen LogP contribution in [0.15, 0.2) is 46.0 Å². The van der Waals surface area contributed by atoms with Crippen molar-refractivity contribution in [1.29, 1.82) is 0 Å². The van der Waals surface area contributed by atoms with Gasteiger partial charge >= 0.3 is 5.69 Å². The molecule has 1 atom stereocenters. The molecule has 0 unspecified atom stereocenters. The molecule has 3 heterocycles. The fraction of sp³-hybridized carbons (Fsp3) is 0.333. The van der Waals surface area contributed by atoms with Crippen LogP contribution in [0.4, 0.5) is 4.39 Å². The molecular weight excluding hydrogens is 391 g/mol. The Morgan fingerprint density at radius 3 is 2.60 bits per heavy atom. The van der Waals surface area contributed by atoms with E-state index in [-0.39, 0.29) is 29.8 Å². The van der Waals surface area contributed by atoms with Gasteiger partial charge in [-0.1, -0.05) is 0 Å². The lowest BCUT2D eigenvalue weighted by Gasteiger charge is -2.17. The van der Waals surface area contributed by atoms with Gasteiger partial charge in [-0.15, -0.1) is 0 Å². The van der Waals surface area contributed by atoms with Crippen molar-refractivity contribution in [2.75, 3.05) is 19.7 Å². The molecular formula is C21H21FN4O4. The lowest BCUT2D eigenvalue weighted by atomic mass is 10.0. The van der Waals surface area contributed by atoms with Crippen molar-refractivity contribution in [3.63, 3.8) is 0 Å². The molecule has 8 nitrogen and oxygen atoms in total. The van der Waals surface area contributed by atoms with Gasteiger partial charge in [-0.25, -0.2) is 14.2 Å². The van der Waals surface area contributed by atoms with Crippen LogP contribution in [0, 0.1) is 5.82 Å². The van der Waals surface area contributed by atoms with Crippen LogP contribution in [0.2, 0.25) is 0 Å². The summed E-state index contributed by atoms with van der Waals surface area (Å²) < 4.78 is 20.8. The first-order valence-electron chi connectivity index (χ1n) is 9.58. The van der Waals surface area contributed by atoms with Gasteiger partial charge in [0.05, 0.1) is 5.39 Å². The minimum Gasteiger partial charge on any atom is -0.484 e. The highest BCUT2D eigenvalue weighted by atomic mass is 19.1. The van der Waals surface area contributed by atoms with Crippen LogP contribution in [0.1, 0.15) is 18.0 Å². The maximum atomic E-state index is 12.9. The normalized spacial score (nSPS) is 16.2. The summed E-state index contributed by atoms with van der Waals surface area (Å²) in [7, 11) is 3.02. The van der Waals surface area contributed by atoms with E-state index in [4.69, 9.17) is 4.74 Å². The number of pyridine rings is 1. The highest BCUT2D eigenvalue weighted by Gasteiger charge is 2.29. The van der Waals surface area contributed by atoms with Crippen molar-refractivity contribution < 1.29 is 13.9 Å². The Kier molecular flexibility index (Phi) is 5.11. The molecule has 1 fully saturated rings. The van der Waals surface area contributed by atoms with E-state index < -0.39 is 5.69 Å². The highest BCUT2D eigenvalue weighted by molar-refractivity contribution is 5.78. The van der Waals surface area contributed by atoms with E-state index in [1.807, 2.05) is 0 Å². The van der Waals surface area contributed by atoms with Gasteiger partial charge in [0.2, 0.25) is 0 Å². The third-order valence-electron chi connectivity index (χ3n) is 5.46. The quantitative estimate of drug-likeness (QED) is 0.642. The molecule has 0 radical (unpaired) electrons. The molecule has 2 aromatic heterocycles. The zero-order valence-electron chi connectivity index (χ0n) is 16.7. The number of benzene rings is 1. The summed E-state index contributed by atoms with van der Waals surface area (Å²) in [6.45, 7) is 0.905. The van der Waals surface area contributed by atoms with Gasteiger partial charge in [0, 0.05) is 38.8 Å². The Bertz CT molecular complexity index is 1230. The minimum atomic E-state index is -0.432. The number of ether oxygens (including phenoxy) is 1. The SMILES string of the molecule is Cn1c(=O)c2ccc([C@@H]3CCN(C(=O)COc4ccc(F)cc4)C3)nc2n(C)c1=O.